The van der Waals surface area contributed by atoms with E-state index in [4.69, 9.17) is 4.74 Å². The lowest BCUT2D eigenvalue weighted by molar-refractivity contribution is 0.0519. The third-order valence-electron chi connectivity index (χ3n) is 2.94. The largest absolute Gasteiger partial charge is 0.461 e. The number of rotatable bonds is 3. The molecule has 100 valence electrons. The molecule has 2 aromatic rings. The van der Waals surface area contributed by atoms with Gasteiger partial charge < -0.3 is 4.74 Å². The molecule has 1 aromatic carbocycles. The molecule has 0 bridgehead atoms. The second kappa shape index (κ2) is 5.26. The molecule has 0 aliphatic carbocycles. The standard InChI is InChI=1S/C15H18N2O2/c1-5-19-15(18)13-6-7-17(16-13)14-11(3)8-10(2)9-12(14)4/h6-9H,5H2,1-4H3. The Hall–Kier alpha value is -2.10. The van der Waals surface area contributed by atoms with Crippen molar-refractivity contribution in [2.24, 2.45) is 0 Å². The highest BCUT2D eigenvalue weighted by molar-refractivity contribution is 5.87. The summed E-state index contributed by atoms with van der Waals surface area (Å²) in [5, 5.41) is 4.29. The molecule has 0 aliphatic heterocycles. The van der Waals surface area contributed by atoms with Crippen LogP contribution in [-0.4, -0.2) is 22.4 Å². The van der Waals surface area contributed by atoms with Crippen LogP contribution < -0.4 is 0 Å². The van der Waals surface area contributed by atoms with Crippen molar-refractivity contribution in [2.75, 3.05) is 6.61 Å². The minimum Gasteiger partial charge on any atom is -0.461 e. The number of nitrogens with zero attached hydrogens (tertiary/aromatic N) is 2. The van der Waals surface area contributed by atoms with Crippen LogP contribution in [0.2, 0.25) is 0 Å². The van der Waals surface area contributed by atoms with E-state index in [0.717, 1.165) is 16.8 Å². The SMILES string of the molecule is CCOC(=O)c1ccn(-c2c(C)cc(C)cc2C)n1. The molecule has 19 heavy (non-hydrogen) atoms. The molecule has 0 spiro atoms. The van der Waals surface area contributed by atoms with Gasteiger partial charge in [0.2, 0.25) is 0 Å². The predicted octanol–water partition coefficient (Wildman–Crippen LogP) is 2.97. The van der Waals surface area contributed by atoms with Gasteiger partial charge in [-0.1, -0.05) is 17.7 Å². The van der Waals surface area contributed by atoms with Crippen molar-refractivity contribution in [3.05, 3.63) is 46.8 Å². The molecular weight excluding hydrogens is 240 g/mol. The number of ether oxygens (including phenoxy) is 1. The van der Waals surface area contributed by atoms with Gasteiger partial charge in [0.05, 0.1) is 12.3 Å². The monoisotopic (exact) mass is 258 g/mol. The molecule has 1 aromatic heterocycles. The zero-order valence-electron chi connectivity index (χ0n) is 11.7. The van der Waals surface area contributed by atoms with E-state index in [1.807, 2.05) is 13.8 Å². The highest BCUT2D eigenvalue weighted by Crippen LogP contribution is 2.20. The lowest BCUT2D eigenvalue weighted by Gasteiger charge is -2.11. The molecule has 0 amide bonds. The fourth-order valence-corrected chi connectivity index (χ4v) is 2.30. The van der Waals surface area contributed by atoms with E-state index >= 15 is 0 Å². The Morgan fingerprint density at radius 1 is 1.26 bits per heavy atom. The molecule has 4 heteroatoms. The fraction of sp³-hybridized carbons (Fsp3) is 0.333. The van der Waals surface area contributed by atoms with Gasteiger partial charge in [0, 0.05) is 6.20 Å². The van der Waals surface area contributed by atoms with Gasteiger partial charge in [-0.15, -0.1) is 0 Å². The lowest BCUT2D eigenvalue weighted by Crippen LogP contribution is -2.07. The zero-order valence-corrected chi connectivity index (χ0v) is 11.7. The molecule has 0 radical (unpaired) electrons. The van der Waals surface area contributed by atoms with E-state index in [2.05, 4.69) is 24.2 Å². The summed E-state index contributed by atoms with van der Waals surface area (Å²) in [6, 6.07) is 5.89. The van der Waals surface area contributed by atoms with E-state index in [1.54, 1.807) is 23.9 Å². The summed E-state index contributed by atoms with van der Waals surface area (Å²) in [6.07, 6.45) is 1.79. The number of hydrogen-bond donors (Lipinski definition) is 0. The van der Waals surface area contributed by atoms with Crippen LogP contribution >= 0.6 is 0 Å². The highest BCUT2D eigenvalue weighted by Gasteiger charge is 2.13. The number of carbonyl (C=O) groups excluding carboxylic acids is 1. The molecule has 0 aliphatic rings. The number of benzene rings is 1. The molecule has 0 saturated carbocycles. The minimum absolute atomic E-state index is 0.334. The van der Waals surface area contributed by atoms with Crippen LogP contribution in [0.25, 0.3) is 5.69 Å². The van der Waals surface area contributed by atoms with Gasteiger partial charge in [-0.05, 0) is 44.9 Å². The van der Waals surface area contributed by atoms with Gasteiger partial charge in [-0.2, -0.15) is 5.10 Å². The molecule has 0 unspecified atom stereocenters. The van der Waals surface area contributed by atoms with Crippen LogP contribution in [0.5, 0.6) is 0 Å². The summed E-state index contributed by atoms with van der Waals surface area (Å²) in [5.41, 5.74) is 4.84. The number of aromatic nitrogens is 2. The molecule has 0 saturated heterocycles. The Morgan fingerprint density at radius 3 is 2.47 bits per heavy atom. The normalized spacial score (nSPS) is 10.5. The van der Waals surface area contributed by atoms with Crippen molar-refractivity contribution in [1.29, 1.82) is 0 Å². The first-order chi connectivity index (χ1) is 9.02. The quantitative estimate of drug-likeness (QED) is 0.795. The molecule has 0 fully saturated rings. The maximum atomic E-state index is 11.6. The fourth-order valence-electron chi connectivity index (χ4n) is 2.30. The lowest BCUT2D eigenvalue weighted by atomic mass is 10.1. The van der Waals surface area contributed by atoms with Crippen molar-refractivity contribution in [3.63, 3.8) is 0 Å². The van der Waals surface area contributed by atoms with E-state index in [-0.39, 0.29) is 5.97 Å². The van der Waals surface area contributed by atoms with Gasteiger partial charge in [0.15, 0.2) is 5.69 Å². The van der Waals surface area contributed by atoms with Crippen LogP contribution in [0.1, 0.15) is 34.1 Å². The van der Waals surface area contributed by atoms with Crippen LogP contribution in [-0.2, 0) is 4.74 Å². The van der Waals surface area contributed by atoms with Gasteiger partial charge in [-0.25, -0.2) is 9.48 Å². The zero-order chi connectivity index (χ0) is 14.0. The molecular formula is C15H18N2O2. The van der Waals surface area contributed by atoms with Gasteiger partial charge in [0.1, 0.15) is 0 Å². The summed E-state index contributed by atoms with van der Waals surface area (Å²) in [7, 11) is 0. The Labute approximate surface area is 113 Å². The Kier molecular flexibility index (Phi) is 3.69. The number of esters is 1. The summed E-state index contributed by atoms with van der Waals surface area (Å²) in [6.45, 7) is 8.29. The highest BCUT2D eigenvalue weighted by atomic mass is 16.5. The Balaban J connectivity index is 2.41. The number of aryl methyl sites for hydroxylation is 3. The van der Waals surface area contributed by atoms with Crippen molar-refractivity contribution in [3.8, 4) is 5.69 Å². The minimum atomic E-state index is -0.385. The number of hydrogen-bond acceptors (Lipinski definition) is 3. The molecule has 1 heterocycles. The first-order valence-electron chi connectivity index (χ1n) is 6.34. The summed E-state index contributed by atoms with van der Waals surface area (Å²) < 4.78 is 6.67. The van der Waals surface area contributed by atoms with E-state index in [0.29, 0.717) is 12.3 Å². The first-order valence-corrected chi connectivity index (χ1v) is 6.34. The molecule has 2 rings (SSSR count). The van der Waals surface area contributed by atoms with E-state index in [9.17, 15) is 4.79 Å². The van der Waals surface area contributed by atoms with Crippen LogP contribution in [0, 0.1) is 20.8 Å². The number of carbonyl (C=O) groups is 1. The third-order valence-corrected chi connectivity index (χ3v) is 2.94. The van der Waals surface area contributed by atoms with Crippen molar-refractivity contribution in [1.82, 2.24) is 9.78 Å². The molecule has 4 nitrogen and oxygen atoms in total. The summed E-state index contributed by atoms with van der Waals surface area (Å²) in [5.74, 6) is -0.385. The van der Waals surface area contributed by atoms with E-state index in [1.165, 1.54) is 5.56 Å². The van der Waals surface area contributed by atoms with Crippen molar-refractivity contribution in [2.45, 2.75) is 27.7 Å². The van der Waals surface area contributed by atoms with Crippen LogP contribution in [0.4, 0.5) is 0 Å². The van der Waals surface area contributed by atoms with Crippen LogP contribution in [0.15, 0.2) is 24.4 Å². The van der Waals surface area contributed by atoms with E-state index < -0.39 is 0 Å². The second-order valence-corrected chi connectivity index (χ2v) is 4.61. The Morgan fingerprint density at radius 2 is 1.89 bits per heavy atom. The average molecular weight is 258 g/mol. The first kappa shape index (κ1) is 13.3. The predicted molar refractivity (Wildman–Crippen MR) is 73.7 cm³/mol. The molecule has 0 atom stereocenters. The smallest absolute Gasteiger partial charge is 0.358 e. The second-order valence-electron chi connectivity index (χ2n) is 4.61. The summed E-state index contributed by atoms with van der Waals surface area (Å²) in [4.78, 5) is 11.6. The average Bonchev–Trinajstić information content (AvgIpc) is 2.77. The Bertz CT molecular complexity index is 591. The topological polar surface area (TPSA) is 44.1 Å². The van der Waals surface area contributed by atoms with Gasteiger partial charge in [0.25, 0.3) is 0 Å². The maximum Gasteiger partial charge on any atom is 0.358 e. The van der Waals surface area contributed by atoms with Crippen molar-refractivity contribution >= 4 is 5.97 Å². The summed E-state index contributed by atoms with van der Waals surface area (Å²) >= 11 is 0. The van der Waals surface area contributed by atoms with Crippen LogP contribution in [0.3, 0.4) is 0 Å². The van der Waals surface area contributed by atoms with Gasteiger partial charge >= 0.3 is 5.97 Å². The van der Waals surface area contributed by atoms with Crippen molar-refractivity contribution < 1.29 is 9.53 Å². The third kappa shape index (κ3) is 2.67. The molecule has 0 N–H and O–H groups in total. The van der Waals surface area contributed by atoms with Gasteiger partial charge in [-0.3, -0.25) is 0 Å². The maximum absolute atomic E-state index is 11.6.